The van der Waals surface area contributed by atoms with Crippen molar-refractivity contribution in [2.45, 2.75) is 66.9 Å². The van der Waals surface area contributed by atoms with Crippen molar-refractivity contribution in [3.8, 4) is 0 Å². The summed E-state index contributed by atoms with van der Waals surface area (Å²) in [6.07, 6.45) is -6.80. The molecule has 0 saturated heterocycles. The lowest BCUT2D eigenvalue weighted by Crippen LogP contribution is -2.74. The second-order valence-corrected chi connectivity index (χ2v) is 8.45. The first kappa shape index (κ1) is 31.2. The van der Waals surface area contributed by atoms with Crippen LogP contribution in [-0.4, -0.2) is 60.2 Å². The van der Waals surface area contributed by atoms with Crippen molar-refractivity contribution in [2.75, 3.05) is 6.61 Å². The van der Waals surface area contributed by atoms with Crippen molar-refractivity contribution in [3.63, 3.8) is 0 Å². The highest BCUT2D eigenvalue weighted by molar-refractivity contribution is 5.74. The summed E-state index contributed by atoms with van der Waals surface area (Å²) in [5.74, 6) is -59.5. The lowest BCUT2D eigenvalue weighted by atomic mass is 9.88. The predicted octanol–water partition coefficient (Wildman–Crippen LogP) is 7.14. The summed E-state index contributed by atoms with van der Waals surface area (Å²) in [4.78, 5) is 11.8. The van der Waals surface area contributed by atoms with Crippen LogP contribution in [0.3, 0.4) is 0 Å². The van der Waals surface area contributed by atoms with Crippen LogP contribution in [0.2, 0.25) is 0 Å². The number of carbonyl (C=O) groups is 1. The Kier molecular flexibility index (Phi) is 7.41. The van der Waals surface area contributed by atoms with Crippen molar-refractivity contribution in [1.29, 1.82) is 0 Å². The zero-order valence-corrected chi connectivity index (χ0v) is 17.5. The smallest absolute Gasteiger partial charge is 0.460 e. The van der Waals surface area contributed by atoms with Crippen LogP contribution in [0, 0.1) is 17.8 Å². The van der Waals surface area contributed by atoms with E-state index in [1.165, 1.54) is 6.08 Å². The van der Waals surface area contributed by atoms with Crippen LogP contribution < -0.4 is 0 Å². The third-order valence-electron chi connectivity index (χ3n) is 6.03. The molecule has 2 aliphatic rings. The average Bonchev–Trinajstić information content (AvgIpc) is 3.35. The largest absolute Gasteiger partial charge is 0.465 e. The zero-order chi connectivity index (χ0) is 29.3. The Morgan fingerprint density at radius 3 is 1.43 bits per heavy atom. The lowest BCUT2D eigenvalue weighted by molar-refractivity contribution is -0.461. The molecule has 0 amide bonds. The van der Waals surface area contributed by atoms with Crippen molar-refractivity contribution in [2.24, 2.45) is 17.8 Å². The van der Waals surface area contributed by atoms with E-state index in [0.717, 1.165) is 0 Å². The first-order valence-electron chi connectivity index (χ1n) is 9.77. The molecule has 2 bridgehead atoms. The first-order chi connectivity index (χ1) is 16.2. The van der Waals surface area contributed by atoms with Gasteiger partial charge in [0.1, 0.15) is 0 Å². The quantitative estimate of drug-likeness (QED) is 0.155. The van der Waals surface area contributed by atoms with E-state index in [0.29, 0.717) is 6.42 Å². The monoisotopic (exact) mass is 584 g/mol. The van der Waals surface area contributed by atoms with Crippen LogP contribution >= 0.6 is 0 Å². The predicted molar refractivity (Wildman–Crippen MR) is 85.1 cm³/mol. The highest BCUT2D eigenvalue weighted by Gasteiger charge is 2.95. The SMILES string of the molecule is O=C(OCCC(F)(F)C(F)(F)C(F)(F)C(F)(F)C(F)(F)C(F)(F)C(F)(F)C(F)(F)F)C1CC2C=CC1C2. The number of allylic oxidation sites excluding steroid dienone is 2. The molecule has 3 unspecified atom stereocenters. The molecular formula is C18H13F17O2. The van der Waals surface area contributed by atoms with Gasteiger partial charge in [-0.15, -0.1) is 0 Å². The Balaban J connectivity index is 2.27. The van der Waals surface area contributed by atoms with Gasteiger partial charge >= 0.3 is 53.6 Å². The minimum Gasteiger partial charge on any atom is -0.465 e. The van der Waals surface area contributed by atoms with Gasteiger partial charge in [-0.05, 0) is 24.7 Å². The number of esters is 1. The fourth-order valence-electron chi connectivity index (χ4n) is 3.79. The van der Waals surface area contributed by atoms with Crippen LogP contribution in [0.25, 0.3) is 0 Å². The molecule has 0 radical (unpaired) electrons. The first-order valence-corrected chi connectivity index (χ1v) is 9.77. The lowest BCUT2D eigenvalue weighted by Gasteiger charge is -2.42. The fourth-order valence-corrected chi connectivity index (χ4v) is 3.79. The number of halogens is 17. The highest BCUT2D eigenvalue weighted by atomic mass is 19.4. The molecule has 0 aliphatic heterocycles. The summed E-state index contributed by atoms with van der Waals surface area (Å²) >= 11 is 0. The van der Waals surface area contributed by atoms with E-state index >= 15 is 0 Å². The number of hydrogen-bond acceptors (Lipinski definition) is 2. The average molecular weight is 584 g/mol. The van der Waals surface area contributed by atoms with Crippen LogP contribution in [0.15, 0.2) is 12.2 Å². The molecular weight excluding hydrogens is 571 g/mol. The second kappa shape index (κ2) is 8.77. The third kappa shape index (κ3) is 4.40. The van der Waals surface area contributed by atoms with Gasteiger partial charge in [0, 0.05) is 0 Å². The van der Waals surface area contributed by atoms with Crippen molar-refractivity contribution >= 4 is 5.97 Å². The molecule has 216 valence electrons. The maximum absolute atomic E-state index is 13.8. The molecule has 0 aromatic heterocycles. The number of fused-ring (bicyclic) bond motifs is 2. The van der Waals surface area contributed by atoms with Crippen molar-refractivity contribution < 1.29 is 84.2 Å². The molecule has 0 aromatic rings. The molecule has 2 aliphatic carbocycles. The van der Waals surface area contributed by atoms with Gasteiger partial charge in [0.15, 0.2) is 0 Å². The molecule has 0 spiro atoms. The number of carbonyl (C=O) groups excluding carboxylic acids is 1. The van der Waals surface area contributed by atoms with Gasteiger partial charge in [-0.2, -0.15) is 74.6 Å². The number of alkyl halides is 17. The summed E-state index contributed by atoms with van der Waals surface area (Å²) < 4.78 is 229. The van der Waals surface area contributed by atoms with Gasteiger partial charge in [-0.1, -0.05) is 12.2 Å². The van der Waals surface area contributed by atoms with Crippen molar-refractivity contribution in [3.05, 3.63) is 12.2 Å². The Labute approximate surface area is 194 Å². The molecule has 0 N–H and O–H groups in total. The van der Waals surface area contributed by atoms with E-state index in [1.807, 2.05) is 0 Å². The Morgan fingerprint density at radius 1 is 0.622 bits per heavy atom. The fraction of sp³-hybridized carbons (Fsp3) is 0.833. The van der Waals surface area contributed by atoms with E-state index in [9.17, 15) is 79.4 Å². The Morgan fingerprint density at radius 2 is 1.05 bits per heavy atom. The normalized spacial score (nSPS) is 24.1. The van der Waals surface area contributed by atoms with Gasteiger partial charge in [0.05, 0.1) is 18.9 Å². The maximum atomic E-state index is 13.8. The van der Waals surface area contributed by atoms with Gasteiger partial charge in [0.25, 0.3) is 0 Å². The van der Waals surface area contributed by atoms with Crippen LogP contribution in [0.5, 0.6) is 0 Å². The van der Waals surface area contributed by atoms with Crippen molar-refractivity contribution in [1.82, 2.24) is 0 Å². The van der Waals surface area contributed by atoms with E-state index < -0.39 is 78.5 Å². The molecule has 1 saturated carbocycles. The number of rotatable bonds is 10. The summed E-state index contributed by atoms with van der Waals surface area (Å²) in [7, 11) is 0. The minimum absolute atomic E-state index is 0.112. The van der Waals surface area contributed by atoms with E-state index in [2.05, 4.69) is 4.74 Å². The third-order valence-corrected chi connectivity index (χ3v) is 6.03. The summed E-state index contributed by atoms with van der Waals surface area (Å²) in [5.41, 5.74) is 0. The van der Waals surface area contributed by atoms with Gasteiger partial charge in [-0.3, -0.25) is 4.79 Å². The molecule has 2 nitrogen and oxygen atoms in total. The molecule has 0 aromatic carbocycles. The molecule has 37 heavy (non-hydrogen) atoms. The van der Waals surface area contributed by atoms with Crippen LogP contribution in [0.1, 0.15) is 19.3 Å². The molecule has 0 heterocycles. The Hall–Kier alpha value is -1.98. The van der Waals surface area contributed by atoms with E-state index in [4.69, 9.17) is 0 Å². The second-order valence-electron chi connectivity index (χ2n) is 8.45. The van der Waals surface area contributed by atoms with Gasteiger partial charge in [-0.25, -0.2) is 0 Å². The Bertz CT molecular complexity index is 904. The standard InChI is InChI=1S/C18H13F17O2/c19-11(20,3-4-37-10(36)9-6-7-1-2-8(9)5-7)12(21,22)13(23,24)14(25,26)15(27,28)16(29,30)17(31,32)18(33,34)35/h1-2,7-9H,3-6H2. The van der Waals surface area contributed by atoms with Gasteiger partial charge < -0.3 is 4.74 Å². The maximum Gasteiger partial charge on any atom is 0.460 e. The van der Waals surface area contributed by atoms with Gasteiger partial charge in [0.2, 0.25) is 0 Å². The van der Waals surface area contributed by atoms with E-state index in [1.54, 1.807) is 6.08 Å². The van der Waals surface area contributed by atoms with Crippen LogP contribution in [-0.2, 0) is 9.53 Å². The summed E-state index contributed by atoms with van der Waals surface area (Å²) in [6.45, 7) is -1.90. The summed E-state index contributed by atoms with van der Waals surface area (Å²) in [5, 5.41) is 0. The molecule has 19 heteroatoms. The molecule has 1 fully saturated rings. The van der Waals surface area contributed by atoms with E-state index in [-0.39, 0.29) is 12.3 Å². The summed E-state index contributed by atoms with van der Waals surface area (Å²) in [6, 6.07) is 0. The number of ether oxygens (including phenoxy) is 1. The van der Waals surface area contributed by atoms with Crippen LogP contribution in [0.4, 0.5) is 74.6 Å². The highest BCUT2D eigenvalue weighted by Crippen LogP contribution is 2.64. The molecule has 3 atom stereocenters. The zero-order valence-electron chi connectivity index (χ0n) is 17.5. The molecule has 2 rings (SSSR count). The number of hydrogen-bond donors (Lipinski definition) is 0. The topological polar surface area (TPSA) is 26.3 Å². The minimum atomic E-state index is -8.66.